The first-order valence-electron chi connectivity index (χ1n) is 9.68. The fourth-order valence-corrected chi connectivity index (χ4v) is 4.02. The van der Waals surface area contributed by atoms with Gasteiger partial charge in [0.25, 0.3) is 0 Å². The Morgan fingerprint density at radius 3 is 2.53 bits per heavy atom. The third kappa shape index (κ3) is 3.07. The molecule has 30 heavy (non-hydrogen) atoms. The molecular weight excluding hydrogens is 398 g/mol. The number of hydrogen-bond acceptors (Lipinski definition) is 6. The fraction of sp³-hybridized carbons (Fsp3) is 0.182. The molecule has 0 aliphatic carbocycles. The SMILES string of the molecule is Cc1nnc2n1-c1ccc(-c3cnc(N)cn3)cc1N(c1ccc(Cl)cc1)C[C@@H]2C. The number of rotatable bonds is 2. The fourth-order valence-electron chi connectivity index (χ4n) is 3.89. The van der Waals surface area contributed by atoms with E-state index in [0.717, 1.165) is 46.5 Å². The molecule has 2 aromatic heterocycles. The predicted octanol–water partition coefficient (Wildman–Crippen LogP) is 4.52. The Morgan fingerprint density at radius 2 is 1.80 bits per heavy atom. The summed E-state index contributed by atoms with van der Waals surface area (Å²) in [6.45, 7) is 4.90. The van der Waals surface area contributed by atoms with Crippen LogP contribution >= 0.6 is 11.6 Å². The molecule has 0 saturated heterocycles. The molecule has 7 nitrogen and oxygen atoms in total. The quantitative estimate of drug-likeness (QED) is 0.516. The average molecular weight is 418 g/mol. The second kappa shape index (κ2) is 7.11. The Kier molecular flexibility index (Phi) is 4.40. The van der Waals surface area contributed by atoms with Crippen LogP contribution in [0.25, 0.3) is 16.9 Å². The minimum absolute atomic E-state index is 0.175. The van der Waals surface area contributed by atoms with Gasteiger partial charge in [0.1, 0.15) is 17.5 Å². The van der Waals surface area contributed by atoms with Gasteiger partial charge in [-0.05, 0) is 43.3 Å². The van der Waals surface area contributed by atoms with E-state index in [-0.39, 0.29) is 5.92 Å². The highest BCUT2D eigenvalue weighted by atomic mass is 35.5. The molecule has 0 radical (unpaired) electrons. The van der Waals surface area contributed by atoms with Gasteiger partial charge in [0.05, 0.1) is 29.5 Å². The molecule has 0 saturated carbocycles. The van der Waals surface area contributed by atoms with Gasteiger partial charge in [-0.15, -0.1) is 10.2 Å². The molecule has 0 spiro atoms. The van der Waals surface area contributed by atoms with Crippen LogP contribution in [-0.2, 0) is 0 Å². The van der Waals surface area contributed by atoms with E-state index in [9.17, 15) is 0 Å². The van der Waals surface area contributed by atoms with Crippen molar-refractivity contribution >= 4 is 28.8 Å². The number of anilines is 3. The van der Waals surface area contributed by atoms with E-state index in [4.69, 9.17) is 17.3 Å². The van der Waals surface area contributed by atoms with Crippen molar-refractivity contribution in [2.75, 3.05) is 17.2 Å². The van der Waals surface area contributed by atoms with Gasteiger partial charge in [-0.2, -0.15) is 0 Å². The van der Waals surface area contributed by atoms with Crippen LogP contribution in [0.15, 0.2) is 54.9 Å². The summed E-state index contributed by atoms with van der Waals surface area (Å²) < 4.78 is 2.13. The van der Waals surface area contributed by atoms with Gasteiger partial charge in [-0.3, -0.25) is 9.55 Å². The van der Waals surface area contributed by atoms with Gasteiger partial charge >= 0.3 is 0 Å². The molecule has 1 atom stereocenters. The van der Waals surface area contributed by atoms with Gasteiger partial charge < -0.3 is 10.6 Å². The highest BCUT2D eigenvalue weighted by molar-refractivity contribution is 6.30. The normalized spacial score (nSPS) is 15.4. The second-order valence-corrected chi connectivity index (χ2v) is 7.90. The maximum absolute atomic E-state index is 6.14. The first-order valence-corrected chi connectivity index (χ1v) is 10.1. The summed E-state index contributed by atoms with van der Waals surface area (Å²) in [5.74, 6) is 2.38. The lowest BCUT2D eigenvalue weighted by Gasteiger charge is -2.27. The zero-order chi connectivity index (χ0) is 20.8. The van der Waals surface area contributed by atoms with Gasteiger partial charge in [0, 0.05) is 28.7 Å². The summed E-state index contributed by atoms with van der Waals surface area (Å²) in [5.41, 5.74) is 10.6. The number of aromatic nitrogens is 5. The number of benzene rings is 2. The van der Waals surface area contributed by atoms with Crippen LogP contribution in [-0.4, -0.2) is 31.3 Å². The van der Waals surface area contributed by atoms with Crippen LogP contribution in [0.3, 0.4) is 0 Å². The number of nitrogens with two attached hydrogens (primary N) is 1. The Bertz CT molecular complexity index is 1220. The van der Waals surface area contributed by atoms with E-state index in [0.29, 0.717) is 10.8 Å². The molecule has 2 N–H and O–H groups in total. The van der Waals surface area contributed by atoms with Crippen LogP contribution in [0.1, 0.15) is 24.5 Å². The van der Waals surface area contributed by atoms with Crippen molar-refractivity contribution in [3.63, 3.8) is 0 Å². The lowest BCUT2D eigenvalue weighted by atomic mass is 10.1. The lowest BCUT2D eigenvalue weighted by Crippen LogP contribution is -2.22. The molecule has 2 aromatic carbocycles. The topological polar surface area (TPSA) is 85.8 Å². The van der Waals surface area contributed by atoms with E-state index in [1.54, 1.807) is 12.4 Å². The summed E-state index contributed by atoms with van der Waals surface area (Å²) in [5, 5.41) is 9.50. The van der Waals surface area contributed by atoms with Crippen molar-refractivity contribution in [2.45, 2.75) is 19.8 Å². The van der Waals surface area contributed by atoms with Gasteiger partial charge in [0.2, 0.25) is 0 Å². The number of fused-ring (bicyclic) bond motifs is 3. The number of halogens is 1. The predicted molar refractivity (Wildman–Crippen MR) is 118 cm³/mol. The Balaban J connectivity index is 1.73. The first-order chi connectivity index (χ1) is 14.5. The smallest absolute Gasteiger partial charge is 0.142 e. The summed E-state index contributed by atoms with van der Waals surface area (Å²) >= 11 is 6.14. The Morgan fingerprint density at radius 1 is 1.00 bits per heavy atom. The van der Waals surface area contributed by atoms with Crippen LogP contribution in [0.5, 0.6) is 0 Å². The molecule has 150 valence electrons. The summed E-state index contributed by atoms with van der Waals surface area (Å²) in [7, 11) is 0. The van der Waals surface area contributed by atoms with Gasteiger partial charge in [-0.1, -0.05) is 24.6 Å². The Labute approximate surface area is 179 Å². The van der Waals surface area contributed by atoms with E-state index < -0.39 is 0 Å². The van der Waals surface area contributed by atoms with Crippen molar-refractivity contribution in [3.8, 4) is 16.9 Å². The number of aryl methyl sites for hydroxylation is 1. The summed E-state index contributed by atoms with van der Waals surface area (Å²) in [6.07, 6.45) is 3.26. The van der Waals surface area contributed by atoms with Gasteiger partial charge in [0.15, 0.2) is 0 Å². The van der Waals surface area contributed by atoms with E-state index in [1.165, 1.54) is 0 Å². The standard InChI is InChI=1S/C22H20ClN7/c1-13-12-29(17-6-4-16(23)5-7-17)20-9-15(18-10-26-21(24)11-25-18)3-8-19(20)30-14(2)27-28-22(13)30/h3-11,13H,12H2,1-2H3,(H2,24,26)/t13-/m0/s1. The number of nitrogen functional groups attached to an aromatic ring is 1. The van der Waals surface area contributed by atoms with Crippen molar-refractivity contribution < 1.29 is 0 Å². The monoisotopic (exact) mass is 417 g/mol. The van der Waals surface area contributed by atoms with Crippen LogP contribution in [0.2, 0.25) is 5.02 Å². The summed E-state index contributed by atoms with van der Waals surface area (Å²) in [4.78, 5) is 10.9. The maximum Gasteiger partial charge on any atom is 0.142 e. The van der Waals surface area contributed by atoms with Crippen LogP contribution < -0.4 is 10.6 Å². The maximum atomic E-state index is 6.14. The number of nitrogens with zero attached hydrogens (tertiary/aromatic N) is 6. The van der Waals surface area contributed by atoms with Crippen LogP contribution in [0, 0.1) is 6.92 Å². The van der Waals surface area contributed by atoms with Crippen molar-refractivity contribution in [3.05, 3.63) is 71.5 Å². The molecule has 5 rings (SSSR count). The minimum Gasteiger partial charge on any atom is -0.382 e. The Hall–Kier alpha value is -3.45. The molecule has 1 aliphatic heterocycles. The molecule has 0 fully saturated rings. The summed E-state index contributed by atoms with van der Waals surface area (Å²) in [6, 6.07) is 14.1. The largest absolute Gasteiger partial charge is 0.382 e. The molecule has 0 amide bonds. The molecule has 0 bridgehead atoms. The first kappa shape index (κ1) is 18.6. The van der Waals surface area contributed by atoms with E-state index in [1.807, 2.05) is 37.3 Å². The highest BCUT2D eigenvalue weighted by Crippen LogP contribution is 2.40. The minimum atomic E-state index is 0.175. The van der Waals surface area contributed by atoms with E-state index >= 15 is 0 Å². The van der Waals surface area contributed by atoms with Gasteiger partial charge in [-0.25, -0.2) is 4.98 Å². The van der Waals surface area contributed by atoms with E-state index in [2.05, 4.69) is 48.7 Å². The van der Waals surface area contributed by atoms with Crippen LogP contribution in [0.4, 0.5) is 17.2 Å². The van der Waals surface area contributed by atoms with Crippen molar-refractivity contribution in [1.82, 2.24) is 24.7 Å². The molecule has 3 heterocycles. The molecule has 4 aromatic rings. The second-order valence-electron chi connectivity index (χ2n) is 7.46. The third-order valence-electron chi connectivity index (χ3n) is 5.36. The number of hydrogen-bond donors (Lipinski definition) is 1. The average Bonchev–Trinajstić information content (AvgIpc) is 3.08. The molecule has 8 heteroatoms. The zero-order valence-electron chi connectivity index (χ0n) is 16.6. The van der Waals surface area contributed by atoms with Crippen molar-refractivity contribution in [1.29, 1.82) is 0 Å². The third-order valence-corrected chi connectivity index (χ3v) is 5.61. The molecule has 0 unspecified atom stereocenters. The highest BCUT2D eigenvalue weighted by Gasteiger charge is 2.28. The molecule has 1 aliphatic rings. The van der Waals surface area contributed by atoms with Crippen molar-refractivity contribution in [2.24, 2.45) is 0 Å². The lowest BCUT2D eigenvalue weighted by molar-refractivity contribution is 0.696. The molecular formula is C22H20ClN7. The zero-order valence-corrected chi connectivity index (χ0v) is 17.4.